The smallest absolute Gasteiger partial charge is 0.242 e. The first-order valence-electron chi connectivity index (χ1n) is 11.0. The molecule has 0 saturated carbocycles. The number of likely N-dealkylation sites (tertiary alicyclic amines) is 1. The minimum atomic E-state index is -0.585. The number of nitrogens with one attached hydrogen (secondary N) is 1. The summed E-state index contributed by atoms with van der Waals surface area (Å²) in [5.41, 5.74) is 1.08. The Morgan fingerprint density at radius 1 is 1.10 bits per heavy atom. The summed E-state index contributed by atoms with van der Waals surface area (Å²) < 4.78 is 0. The number of hydrogen-bond acceptors (Lipinski definition) is 4. The fourth-order valence-electron chi connectivity index (χ4n) is 4.50. The van der Waals surface area contributed by atoms with E-state index in [2.05, 4.69) is 5.32 Å². The van der Waals surface area contributed by atoms with Crippen molar-refractivity contribution in [3.05, 3.63) is 48.0 Å². The van der Waals surface area contributed by atoms with Crippen molar-refractivity contribution in [2.45, 2.75) is 45.1 Å². The van der Waals surface area contributed by atoms with Crippen molar-refractivity contribution in [2.75, 3.05) is 20.1 Å². The van der Waals surface area contributed by atoms with Crippen LogP contribution in [0, 0.1) is 11.8 Å². The Labute approximate surface area is 183 Å². The van der Waals surface area contributed by atoms with Crippen molar-refractivity contribution in [3.8, 4) is 0 Å². The van der Waals surface area contributed by atoms with Crippen molar-refractivity contribution in [1.82, 2.24) is 15.1 Å². The quantitative estimate of drug-likeness (QED) is 0.484. The van der Waals surface area contributed by atoms with Gasteiger partial charge in [0.1, 0.15) is 6.04 Å². The molecule has 0 radical (unpaired) electrons. The maximum atomic E-state index is 13.2. The molecule has 166 valence electrons. The van der Waals surface area contributed by atoms with Gasteiger partial charge in [-0.25, -0.2) is 0 Å². The van der Waals surface area contributed by atoms with Gasteiger partial charge in [0, 0.05) is 26.6 Å². The lowest BCUT2D eigenvalue weighted by Crippen LogP contribution is -2.50. The molecule has 4 amide bonds. The van der Waals surface area contributed by atoms with Gasteiger partial charge >= 0.3 is 0 Å². The number of fused-ring (bicyclic) bond motifs is 1. The number of benzene rings is 1. The summed E-state index contributed by atoms with van der Waals surface area (Å²) in [6.45, 7) is 2.33. The monoisotopic (exact) mass is 425 g/mol. The molecule has 1 N–H and O–H groups in total. The second-order valence-corrected chi connectivity index (χ2v) is 8.09. The number of likely N-dealkylation sites (N-methyl/N-ethyl adjacent to an activating group) is 1. The number of imide groups is 1. The van der Waals surface area contributed by atoms with Gasteiger partial charge in [-0.05, 0) is 31.2 Å². The van der Waals surface area contributed by atoms with E-state index in [9.17, 15) is 19.2 Å². The topological polar surface area (TPSA) is 86.8 Å². The molecule has 1 heterocycles. The number of rotatable bonds is 9. The molecule has 0 aromatic heterocycles. The minimum Gasteiger partial charge on any atom is -0.357 e. The summed E-state index contributed by atoms with van der Waals surface area (Å²) in [7, 11) is 1.56. The zero-order chi connectivity index (χ0) is 22.4. The highest BCUT2D eigenvalue weighted by Crippen LogP contribution is 2.35. The molecule has 3 atom stereocenters. The van der Waals surface area contributed by atoms with Crippen LogP contribution in [-0.4, -0.2) is 59.6 Å². The highest BCUT2D eigenvalue weighted by molar-refractivity contribution is 6.05. The minimum absolute atomic E-state index is 0.0205. The van der Waals surface area contributed by atoms with E-state index in [1.807, 2.05) is 49.4 Å². The van der Waals surface area contributed by atoms with Gasteiger partial charge in [-0.15, -0.1) is 0 Å². The molecule has 1 aromatic carbocycles. The number of carbonyl (C=O) groups excluding carboxylic acids is 4. The number of carbonyl (C=O) groups is 4. The lowest BCUT2D eigenvalue weighted by Gasteiger charge is -2.30. The van der Waals surface area contributed by atoms with Crippen molar-refractivity contribution in [3.63, 3.8) is 0 Å². The van der Waals surface area contributed by atoms with E-state index in [1.165, 1.54) is 4.90 Å². The lowest BCUT2D eigenvalue weighted by atomic mass is 9.85. The average Bonchev–Trinajstić information content (AvgIpc) is 3.05. The molecule has 3 rings (SSSR count). The Hall–Kier alpha value is -2.96. The van der Waals surface area contributed by atoms with Gasteiger partial charge in [0.25, 0.3) is 0 Å². The third-order valence-electron chi connectivity index (χ3n) is 6.26. The average molecular weight is 426 g/mol. The molecule has 1 fully saturated rings. The van der Waals surface area contributed by atoms with Gasteiger partial charge in [0.05, 0.1) is 11.8 Å². The van der Waals surface area contributed by atoms with E-state index in [-0.39, 0.29) is 48.4 Å². The fourth-order valence-corrected chi connectivity index (χ4v) is 4.50. The molecule has 2 aliphatic rings. The first-order chi connectivity index (χ1) is 15.0. The van der Waals surface area contributed by atoms with Crippen LogP contribution in [0.3, 0.4) is 0 Å². The van der Waals surface area contributed by atoms with Crippen LogP contribution in [0.2, 0.25) is 0 Å². The van der Waals surface area contributed by atoms with Gasteiger partial charge in [0.2, 0.25) is 23.6 Å². The standard InChI is InChI=1S/C24H31N3O4/c1-3-20(22(29)25-2)26(15-13-17-9-5-4-6-10-17)21(28)14-16-27-23(30)18-11-7-8-12-19(18)24(27)31/h4-10,18-20H,3,11-16H2,1-2H3,(H,25,29)/t18-,19+,20?. The molecule has 0 bridgehead atoms. The molecule has 0 spiro atoms. The Balaban J connectivity index is 1.68. The lowest BCUT2D eigenvalue weighted by molar-refractivity contribution is -0.143. The van der Waals surface area contributed by atoms with E-state index in [0.717, 1.165) is 5.56 Å². The number of allylic oxidation sites excluding steroid dienone is 2. The van der Waals surface area contributed by atoms with Crippen LogP contribution in [0.15, 0.2) is 42.5 Å². The zero-order valence-electron chi connectivity index (χ0n) is 18.3. The maximum Gasteiger partial charge on any atom is 0.242 e. The zero-order valence-corrected chi connectivity index (χ0v) is 18.3. The molecule has 7 heteroatoms. The summed E-state index contributed by atoms with van der Waals surface area (Å²) in [5, 5.41) is 2.64. The number of amides is 4. The van der Waals surface area contributed by atoms with E-state index in [4.69, 9.17) is 0 Å². The maximum absolute atomic E-state index is 13.2. The molecule has 1 aliphatic carbocycles. The van der Waals surface area contributed by atoms with Crippen molar-refractivity contribution in [2.24, 2.45) is 11.8 Å². The van der Waals surface area contributed by atoms with E-state index in [1.54, 1.807) is 11.9 Å². The predicted octanol–water partition coefficient (Wildman–Crippen LogP) is 1.92. The highest BCUT2D eigenvalue weighted by atomic mass is 16.2. The van der Waals surface area contributed by atoms with Crippen LogP contribution in [0.5, 0.6) is 0 Å². The van der Waals surface area contributed by atoms with Gasteiger partial charge in [0.15, 0.2) is 0 Å². The van der Waals surface area contributed by atoms with E-state index in [0.29, 0.717) is 32.2 Å². The SMILES string of the molecule is CCC(C(=O)NC)N(CCc1ccccc1)C(=O)CCN1C(=O)[C@H]2CC=CC[C@H]2C1=O. The fraction of sp³-hybridized carbons (Fsp3) is 0.500. The third-order valence-corrected chi connectivity index (χ3v) is 6.26. The van der Waals surface area contributed by atoms with Crippen LogP contribution in [0.1, 0.15) is 38.2 Å². The normalized spacial score (nSPS) is 21.0. The Morgan fingerprint density at radius 3 is 2.26 bits per heavy atom. The van der Waals surface area contributed by atoms with Gasteiger partial charge in [-0.2, -0.15) is 0 Å². The summed E-state index contributed by atoms with van der Waals surface area (Å²) >= 11 is 0. The van der Waals surface area contributed by atoms with Crippen LogP contribution < -0.4 is 5.32 Å². The summed E-state index contributed by atoms with van der Waals surface area (Å²) in [6, 6.07) is 9.20. The molecular formula is C24H31N3O4. The van der Waals surface area contributed by atoms with Crippen LogP contribution in [0.4, 0.5) is 0 Å². The van der Waals surface area contributed by atoms with Crippen molar-refractivity contribution in [1.29, 1.82) is 0 Å². The van der Waals surface area contributed by atoms with Crippen LogP contribution in [0.25, 0.3) is 0 Å². The molecule has 1 saturated heterocycles. The highest BCUT2D eigenvalue weighted by Gasteiger charge is 2.47. The second-order valence-electron chi connectivity index (χ2n) is 8.09. The molecule has 7 nitrogen and oxygen atoms in total. The van der Waals surface area contributed by atoms with E-state index < -0.39 is 6.04 Å². The first kappa shape index (κ1) is 22.7. The van der Waals surface area contributed by atoms with Crippen molar-refractivity contribution < 1.29 is 19.2 Å². The second kappa shape index (κ2) is 10.4. The molecule has 1 unspecified atom stereocenters. The van der Waals surface area contributed by atoms with Gasteiger partial charge in [-0.1, -0.05) is 49.4 Å². The number of nitrogens with zero attached hydrogens (tertiary/aromatic N) is 2. The predicted molar refractivity (Wildman–Crippen MR) is 117 cm³/mol. The molecule has 31 heavy (non-hydrogen) atoms. The summed E-state index contributed by atoms with van der Waals surface area (Å²) in [6.07, 6.45) is 6.18. The summed E-state index contributed by atoms with van der Waals surface area (Å²) in [5.74, 6) is -1.39. The Kier molecular flexibility index (Phi) is 7.60. The van der Waals surface area contributed by atoms with Gasteiger partial charge in [-0.3, -0.25) is 24.1 Å². The number of hydrogen-bond donors (Lipinski definition) is 1. The van der Waals surface area contributed by atoms with Crippen molar-refractivity contribution >= 4 is 23.6 Å². The van der Waals surface area contributed by atoms with Crippen LogP contribution in [-0.2, 0) is 25.6 Å². The van der Waals surface area contributed by atoms with E-state index >= 15 is 0 Å². The largest absolute Gasteiger partial charge is 0.357 e. The first-order valence-corrected chi connectivity index (χ1v) is 11.0. The molecule has 1 aromatic rings. The molecular weight excluding hydrogens is 394 g/mol. The molecule has 1 aliphatic heterocycles. The van der Waals surface area contributed by atoms with Gasteiger partial charge < -0.3 is 10.2 Å². The Morgan fingerprint density at radius 2 is 1.71 bits per heavy atom. The Bertz CT molecular complexity index is 826. The third kappa shape index (κ3) is 5.03. The summed E-state index contributed by atoms with van der Waals surface area (Å²) in [4.78, 5) is 53.7. The van der Waals surface area contributed by atoms with Crippen LogP contribution >= 0.6 is 0 Å².